The Kier molecular flexibility index (Phi) is 6.97. The van der Waals surface area contributed by atoms with Crippen LogP contribution < -0.4 is 10.1 Å². The number of rotatable bonds is 6. The Hall–Kier alpha value is -3.42. The van der Waals surface area contributed by atoms with E-state index in [4.69, 9.17) is 10.1 Å². The second-order valence-electron chi connectivity index (χ2n) is 10.9. The van der Waals surface area contributed by atoms with Crippen LogP contribution in [0.1, 0.15) is 91.7 Å². The summed E-state index contributed by atoms with van der Waals surface area (Å²) >= 11 is 0. The summed E-state index contributed by atoms with van der Waals surface area (Å²) in [6.45, 7) is 14.5. The van der Waals surface area contributed by atoms with Crippen LogP contribution in [0.2, 0.25) is 0 Å². The van der Waals surface area contributed by atoms with E-state index in [1.165, 1.54) is 7.05 Å². The molecule has 0 fully saturated rings. The number of benzene rings is 1. The molecule has 0 saturated heterocycles. The van der Waals surface area contributed by atoms with Gasteiger partial charge >= 0.3 is 0 Å². The van der Waals surface area contributed by atoms with Gasteiger partial charge in [0, 0.05) is 35.8 Å². The van der Waals surface area contributed by atoms with E-state index in [1.54, 1.807) is 23.1 Å². The molecule has 1 aliphatic heterocycles. The molecule has 0 saturated carbocycles. The lowest BCUT2D eigenvalue weighted by Gasteiger charge is -2.28. The first-order valence-electron chi connectivity index (χ1n) is 11.8. The van der Waals surface area contributed by atoms with Crippen LogP contribution in [0.4, 0.5) is 0 Å². The number of nitrogens with one attached hydrogen (secondary N) is 2. The number of nitrogens with zero attached hydrogens (tertiary/aromatic N) is 2. The van der Waals surface area contributed by atoms with Crippen LogP contribution in [0, 0.1) is 5.41 Å². The summed E-state index contributed by atoms with van der Waals surface area (Å²) in [6.07, 6.45) is 0. The third kappa shape index (κ3) is 5.16. The van der Waals surface area contributed by atoms with Crippen LogP contribution >= 0.6 is 0 Å². The molecule has 0 atom stereocenters. The van der Waals surface area contributed by atoms with Gasteiger partial charge in [-0.15, -0.1) is 0 Å². The zero-order valence-corrected chi connectivity index (χ0v) is 21.9. The molecule has 0 unspecified atom stereocenters. The molecule has 0 radical (unpaired) electrons. The van der Waals surface area contributed by atoms with Gasteiger partial charge in [0.1, 0.15) is 17.3 Å². The number of hydrogen-bond donors (Lipinski definition) is 3. The predicted octanol–water partition coefficient (Wildman–Crippen LogP) is 4.16. The quantitative estimate of drug-likeness (QED) is 0.535. The Morgan fingerprint density at radius 3 is 2.17 bits per heavy atom. The highest BCUT2D eigenvalue weighted by molar-refractivity contribution is 6.05. The SMILES string of the molecule is CCOc1cc2c(nc1C(=O)NC)C(=N)N(CC(=O)c1cc(C(C)(C)C)c(O)c(C(C)(C)C)c1)C2. The summed E-state index contributed by atoms with van der Waals surface area (Å²) in [5, 5.41) is 22.1. The molecule has 3 N–H and O–H groups in total. The molecule has 188 valence electrons. The van der Waals surface area contributed by atoms with Crippen LogP contribution in [0.25, 0.3) is 0 Å². The Morgan fingerprint density at radius 1 is 1.11 bits per heavy atom. The minimum atomic E-state index is -0.396. The molecule has 1 aromatic heterocycles. The van der Waals surface area contributed by atoms with Crippen molar-refractivity contribution in [2.75, 3.05) is 20.2 Å². The Morgan fingerprint density at radius 2 is 1.69 bits per heavy atom. The summed E-state index contributed by atoms with van der Waals surface area (Å²) in [7, 11) is 1.51. The molecule has 8 nitrogen and oxygen atoms in total. The molecule has 0 bridgehead atoms. The maximum Gasteiger partial charge on any atom is 0.273 e. The monoisotopic (exact) mass is 480 g/mol. The first kappa shape index (κ1) is 26.2. The van der Waals surface area contributed by atoms with Crippen LogP contribution in [0.15, 0.2) is 18.2 Å². The van der Waals surface area contributed by atoms with Crippen molar-refractivity contribution in [2.45, 2.75) is 65.8 Å². The standard InChI is InChI=1S/C27H36N4O4/c1-9-35-20-12-16-13-31(24(28)21(16)30-22(20)25(34)29-8)14-19(32)15-10-17(26(2,3)4)23(33)18(11-15)27(5,6)7/h10-12,28,33H,9,13-14H2,1-8H3,(H,29,34). The third-order valence-electron chi connectivity index (χ3n) is 6.09. The summed E-state index contributed by atoms with van der Waals surface area (Å²) < 4.78 is 5.60. The van der Waals surface area contributed by atoms with Crippen LogP contribution in [-0.2, 0) is 17.4 Å². The van der Waals surface area contributed by atoms with Gasteiger partial charge in [0.25, 0.3) is 5.91 Å². The second kappa shape index (κ2) is 9.32. The predicted molar refractivity (Wildman–Crippen MR) is 136 cm³/mol. The Balaban J connectivity index is 1.96. The minimum absolute atomic E-state index is 0.0214. The molecule has 3 rings (SSSR count). The number of aromatic nitrogens is 1. The molecular formula is C27H36N4O4. The number of fused-ring (bicyclic) bond motifs is 1. The summed E-state index contributed by atoms with van der Waals surface area (Å²) in [5.41, 5.74) is 2.44. The number of pyridine rings is 1. The fourth-order valence-electron chi connectivity index (χ4n) is 4.18. The van der Waals surface area contributed by atoms with Crippen molar-refractivity contribution in [1.82, 2.24) is 15.2 Å². The summed E-state index contributed by atoms with van der Waals surface area (Å²) in [4.78, 5) is 31.8. The molecule has 1 amide bonds. The van der Waals surface area contributed by atoms with Gasteiger partial charge in [-0.3, -0.25) is 15.0 Å². The van der Waals surface area contributed by atoms with E-state index in [1.807, 2.05) is 48.5 Å². The van der Waals surface area contributed by atoms with E-state index < -0.39 is 5.91 Å². The van der Waals surface area contributed by atoms with E-state index >= 15 is 0 Å². The van der Waals surface area contributed by atoms with Gasteiger partial charge in [-0.2, -0.15) is 0 Å². The van der Waals surface area contributed by atoms with Crippen molar-refractivity contribution < 1.29 is 19.4 Å². The maximum absolute atomic E-state index is 13.4. The van der Waals surface area contributed by atoms with E-state index in [0.717, 1.165) is 5.56 Å². The average molecular weight is 481 g/mol. The molecule has 35 heavy (non-hydrogen) atoms. The maximum atomic E-state index is 13.4. The topological polar surface area (TPSA) is 116 Å². The number of carbonyl (C=O) groups excluding carboxylic acids is 2. The van der Waals surface area contributed by atoms with Crippen LogP contribution in [0.5, 0.6) is 11.5 Å². The number of aromatic hydroxyl groups is 1. The number of ether oxygens (including phenoxy) is 1. The second-order valence-corrected chi connectivity index (χ2v) is 10.9. The first-order valence-corrected chi connectivity index (χ1v) is 11.8. The molecule has 2 aromatic rings. The number of Topliss-reactive ketones (excluding diaryl/α,β-unsaturated/α-hetero) is 1. The highest BCUT2D eigenvalue weighted by Gasteiger charge is 2.32. The van der Waals surface area contributed by atoms with Gasteiger partial charge in [0.05, 0.1) is 13.2 Å². The number of carbonyl (C=O) groups is 2. The minimum Gasteiger partial charge on any atom is -0.507 e. The summed E-state index contributed by atoms with van der Waals surface area (Å²) in [6, 6.07) is 5.25. The number of ketones is 1. The number of amidine groups is 1. The number of amides is 1. The van der Waals surface area contributed by atoms with Crippen molar-refractivity contribution in [3.8, 4) is 11.5 Å². The van der Waals surface area contributed by atoms with Gasteiger partial charge in [0.15, 0.2) is 17.2 Å². The van der Waals surface area contributed by atoms with Crippen molar-refractivity contribution in [2.24, 2.45) is 0 Å². The first-order chi connectivity index (χ1) is 16.2. The molecular weight excluding hydrogens is 444 g/mol. The molecule has 8 heteroatoms. The fourth-order valence-corrected chi connectivity index (χ4v) is 4.18. The zero-order valence-electron chi connectivity index (χ0n) is 21.9. The van der Waals surface area contributed by atoms with Crippen molar-refractivity contribution >= 4 is 17.5 Å². The lowest BCUT2D eigenvalue weighted by molar-refractivity contribution is 0.0949. The van der Waals surface area contributed by atoms with Gasteiger partial charge in [-0.1, -0.05) is 41.5 Å². The lowest BCUT2D eigenvalue weighted by Crippen LogP contribution is -2.31. The van der Waals surface area contributed by atoms with Gasteiger partial charge < -0.3 is 20.1 Å². The van der Waals surface area contributed by atoms with Crippen molar-refractivity contribution in [1.29, 1.82) is 5.41 Å². The van der Waals surface area contributed by atoms with E-state index in [-0.39, 0.29) is 40.4 Å². The van der Waals surface area contributed by atoms with E-state index in [0.29, 0.717) is 41.3 Å². The highest BCUT2D eigenvalue weighted by atomic mass is 16.5. The Bertz CT molecular complexity index is 1150. The normalized spacial score (nSPS) is 13.6. The molecule has 0 spiro atoms. The molecule has 1 aliphatic rings. The smallest absolute Gasteiger partial charge is 0.273 e. The van der Waals surface area contributed by atoms with E-state index in [9.17, 15) is 14.7 Å². The largest absolute Gasteiger partial charge is 0.507 e. The van der Waals surface area contributed by atoms with Gasteiger partial charge in [0.2, 0.25) is 0 Å². The van der Waals surface area contributed by atoms with Gasteiger partial charge in [-0.25, -0.2) is 4.98 Å². The number of hydrogen-bond acceptors (Lipinski definition) is 6. The molecule has 1 aromatic carbocycles. The van der Waals surface area contributed by atoms with Gasteiger partial charge in [-0.05, 0) is 36.0 Å². The van der Waals surface area contributed by atoms with E-state index in [2.05, 4.69) is 10.3 Å². The average Bonchev–Trinajstić information content (AvgIpc) is 3.05. The number of phenols is 1. The molecule has 2 heterocycles. The highest BCUT2D eigenvalue weighted by Crippen LogP contribution is 2.40. The lowest BCUT2D eigenvalue weighted by atomic mass is 9.78. The molecule has 0 aliphatic carbocycles. The zero-order chi connectivity index (χ0) is 26.3. The van der Waals surface area contributed by atoms with Crippen LogP contribution in [-0.4, -0.2) is 52.7 Å². The summed E-state index contributed by atoms with van der Waals surface area (Å²) in [5.74, 6) is 0.113. The number of phenolic OH excluding ortho intramolecular Hbond substituents is 1. The van der Waals surface area contributed by atoms with Crippen molar-refractivity contribution in [3.05, 3.63) is 51.8 Å². The third-order valence-corrected chi connectivity index (χ3v) is 6.09. The fraction of sp³-hybridized carbons (Fsp3) is 0.481. The van der Waals surface area contributed by atoms with Crippen LogP contribution in [0.3, 0.4) is 0 Å². The van der Waals surface area contributed by atoms with Crippen molar-refractivity contribution in [3.63, 3.8) is 0 Å². The Labute approximate surface area is 207 Å².